The minimum absolute atomic E-state index is 0. The van der Waals surface area contributed by atoms with E-state index in [1.165, 1.54) is 0 Å². The summed E-state index contributed by atoms with van der Waals surface area (Å²) in [7, 11) is 0. The highest BCUT2D eigenvalue weighted by molar-refractivity contribution is 5.85. The molecule has 70 valence electrons. The number of hydrogen-bond donors (Lipinski definition) is 2. The average Bonchev–Trinajstić information content (AvgIpc) is 1.83. The predicted molar refractivity (Wildman–Crippen MR) is 51.0 cm³/mol. The van der Waals surface area contributed by atoms with Crippen LogP contribution in [-0.2, 0) is 0 Å². The Labute approximate surface area is 75.6 Å². The van der Waals surface area contributed by atoms with Crippen molar-refractivity contribution in [2.24, 2.45) is 11.7 Å². The van der Waals surface area contributed by atoms with Crippen LogP contribution < -0.4 is 5.73 Å². The molecule has 0 fully saturated rings. The van der Waals surface area contributed by atoms with Gasteiger partial charge in [-0.05, 0) is 19.8 Å². The van der Waals surface area contributed by atoms with E-state index in [0.29, 0.717) is 5.92 Å². The largest absolute Gasteiger partial charge is 0.389 e. The van der Waals surface area contributed by atoms with Gasteiger partial charge in [-0.2, -0.15) is 0 Å². The van der Waals surface area contributed by atoms with Gasteiger partial charge in [0.1, 0.15) is 0 Å². The lowest BCUT2D eigenvalue weighted by atomic mass is 9.87. The van der Waals surface area contributed by atoms with E-state index in [4.69, 9.17) is 5.73 Å². The van der Waals surface area contributed by atoms with Crippen LogP contribution in [0.5, 0.6) is 0 Å². The topological polar surface area (TPSA) is 46.2 Å². The maximum absolute atomic E-state index is 9.46. The molecular formula is C8H20ClNO. The molecule has 0 radical (unpaired) electrons. The van der Waals surface area contributed by atoms with Crippen molar-refractivity contribution >= 4 is 12.4 Å². The van der Waals surface area contributed by atoms with E-state index in [0.717, 1.165) is 6.42 Å². The highest BCUT2D eigenvalue weighted by Gasteiger charge is 2.26. The predicted octanol–water partition coefficient (Wildman–Crippen LogP) is 1.55. The molecule has 0 heterocycles. The fourth-order valence-electron chi connectivity index (χ4n) is 0.950. The number of aliphatic hydroxyl groups is 1. The molecular weight excluding hydrogens is 162 g/mol. The Kier molecular flexibility index (Phi) is 6.22. The van der Waals surface area contributed by atoms with Crippen molar-refractivity contribution in [3.63, 3.8) is 0 Å². The molecule has 0 spiro atoms. The first-order valence-corrected chi connectivity index (χ1v) is 3.87. The Morgan fingerprint density at radius 2 is 1.82 bits per heavy atom. The molecule has 2 nitrogen and oxygen atoms in total. The number of nitrogens with two attached hydrogens (primary N) is 1. The van der Waals surface area contributed by atoms with Gasteiger partial charge in [0.25, 0.3) is 0 Å². The molecule has 2 atom stereocenters. The van der Waals surface area contributed by atoms with E-state index < -0.39 is 5.60 Å². The van der Waals surface area contributed by atoms with Gasteiger partial charge < -0.3 is 10.8 Å². The molecule has 11 heavy (non-hydrogen) atoms. The SMILES string of the molecule is CC[C@H](C)[C@H](N)C(C)(C)O.Cl. The van der Waals surface area contributed by atoms with E-state index >= 15 is 0 Å². The second-order valence-electron chi connectivity index (χ2n) is 3.56. The van der Waals surface area contributed by atoms with Gasteiger partial charge in [0, 0.05) is 6.04 Å². The minimum Gasteiger partial charge on any atom is -0.389 e. The van der Waals surface area contributed by atoms with Crippen LogP contribution in [0.1, 0.15) is 34.1 Å². The summed E-state index contributed by atoms with van der Waals surface area (Å²) in [6.45, 7) is 7.65. The smallest absolute Gasteiger partial charge is 0.0744 e. The second kappa shape index (κ2) is 4.96. The first-order chi connectivity index (χ1) is 4.39. The molecule has 0 saturated heterocycles. The summed E-state index contributed by atoms with van der Waals surface area (Å²) in [4.78, 5) is 0. The summed E-state index contributed by atoms with van der Waals surface area (Å²) in [5.41, 5.74) is 5.01. The molecule has 0 unspecified atom stereocenters. The first kappa shape index (κ1) is 13.8. The van der Waals surface area contributed by atoms with E-state index in [-0.39, 0.29) is 18.4 Å². The summed E-state index contributed by atoms with van der Waals surface area (Å²) in [6, 6.07) is -0.113. The van der Waals surface area contributed by atoms with Crippen LogP contribution in [0.2, 0.25) is 0 Å². The van der Waals surface area contributed by atoms with Gasteiger partial charge in [0.15, 0.2) is 0 Å². The zero-order chi connectivity index (χ0) is 8.36. The van der Waals surface area contributed by atoms with Crippen LogP contribution in [0.15, 0.2) is 0 Å². The molecule has 0 aliphatic heterocycles. The summed E-state index contributed by atoms with van der Waals surface area (Å²) in [5, 5.41) is 9.46. The molecule has 3 heteroatoms. The Morgan fingerprint density at radius 1 is 1.45 bits per heavy atom. The van der Waals surface area contributed by atoms with E-state index in [1.54, 1.807) is 13.8 Å². The molecule has 0 aliphatic rings. The lowest BCUT2D eigenvalue weighted by Gasteiger charge is -2.30. The van der Waals surface area contributed by atoms with Gasteiger partial charge in [-0.15, -0.1) is 12.4 Å². The Morgan fingerprint density at radius 3 is 1.91 bits per heavy atom. The molecule has 0 amide bonds. The monoisotopic (exact) mass is 181 g/mol. The zero-order valence-electron chi connectivity index (χ0n) is 7.79. The van der Waals surface area contributed by atoms with Crippen LogP contribution in [0, 0.1) is 5.92 Å². The zero-order valence-corrected chi connectivity index (χ0v) is 8.61. The van der Waals surface area contributed by atoms with Crippen LogP contribution in [0.4, 0.5) is 0 Å². The molecule has 0 aromatic heterocycles. The molecule has 0 saturated carbocycles. The molecule has 3 N–H and O–H groups in total. The third-order valence-corrected chi connectivity index (χ3v) is 2.07. The lowest BCUT2D eigenvalue weighted by molar-refractivity contribution is 0.0326. The highest BCUT2D eigenvalue weighted by atomic mass is 35.5. The van der Waals surface area contributed by atoms with Gasteiger partial charge in [0.05, 0.1) is 5.60 Å². The maximum Gasteiger partial charge on any atom is 0.0744 e. The third kappa shape index (κ3) is 4.62. The van der Waals surface area contributed by atoms with Crippen molar-refractivity contribution in [3.8, 4) is 0 Å². The molecule has 0 rings (SSSR count). The van der Waals surface area contributed by atoms with Crippen molar-refractivity contribution in [1.29, 1.82) is 0 Å². The minimum atomic E-state index is -0.741. The van der Waals surface area contributed by atoms with E-state index in [9.17, 15) is 5.11 Å². The van der Waals surface area contributed by atoms with Gasteiger partial charge >= 0.3 is 0 Å². The second-order valence-corrected chi connectivity index (χ2v) is 3.56. The van der Waals surface area contributed by atoms with Gasteiger partial charge in [-0.25, -0.2) is 0 Å². The third-order valence-electron chi connectivity index (χ3n) is 2.07. The van der Waals surface area contributed by atoms with Crippen LogP contribution in [0.3, 0.4) is 0 Å². The van der Waals surface area contributed by atoms with Gasteiger partial charge in [-0.1, -0.05) is 20.3 Å². The van der Waals surface area contributed by atoms with Crippen molar-refractivity contribution < 1.29 is 5.11 Å². The summed E-state index contributed by atoms with van der Waals surface area (Å²) in [6.07, 6.45) is 1.02. The van der Waals surface area contributed by atoms with Crippen molar-refractivity contribution in [2.75, 3.05) is 0 Å². The molecule has 0 aliphatic carbocycles. The van der Waals surface area contributed by atoms with E-state index in [1.807, 2.05) is 0 Å². The molecule has 0 aromatic carbocycles. The number of halogens is 1. The fraction of sp³-hybridized carbons (Fsp3) is 1.00. The summed E-state index contributed by atoms with van der Waals surface area (Å²) < 4.78 is 0. The quantitative estimate of drug-likeness (QED) is 0.694. The Balaban J connectivity index is 0. The number of rotatable bonds is 3. The average molecular weight is 182 g/mol. The van der Waals surface area contributed by atoms with Crippen molar-refractivity contribution in [1.82, 2.24) is 0 Å². The lowest BCUT2D eigenvalue weighted by Crippen LogP contribution is -2.47. The summed E-state index contributed by atoms with van der Waals surface area (Å²) >= 11 is 0. The van der Waals surface area contributed by atoms with Gasteiger partial charge in [0.2, 0.25) is 0 Å². The first-order valence-electron chi connectivity index (χ1n) is 3.87. The van der Waals surface area contributed by atoms with Crippen LogP contribution >= 0.6 is 12.4 Å². The van der Waals surface area contributed by atoms with E-state index in [2.05, 4.69) is 13.8 Å². The Hall–Kier alpha value is 0.210. The molecule has 0 aromatic rings. The fourth-order valence-corrected chi connectivity index (χ4v) is 0.950. The maximum atomic E-state index is 9.46. The summed E-state index contributed by atoms with van der Waals surface area (Å²) in [5.74, 6) is 0.389. The van der Waals surface area contributed by atoms with Crippen molar-refractivity contribution in [3.05, 3.63) is 0 Å². The van der Waals surface area contributed by atoms with Crippen LogP contribution in [-0.4, -0.2) is 16.7 Å². The highest BCUT2D eigenvalue weighted by Crippen LogP contribution is 2.16. The Bertz CT molecular complexity index is 101. The van der Waals surface area contributed by atoms with Crippen LogP contribution in [0.25, 0.3) is 0 Å². The van der Waals surface area contributed by atoms with Crippen molar-refractivity contribution in [2.45, 2.75) is 45.8 Å². The number of hydrogen-bond acceptors (Lipinski definition) is 2. The molecule has 0 bridgehead atoms. The standard InChI is InChI=1S/C8H19NO.ClH/c1-5-6(2)7(9)8(3,4)10;/h6-7,10H,5,9H2,1-4H3;1H/t6-,7-;/m0./s1. The normalized spacial score (nSPS) is 16.9. The van der Waals surface area contributed by atoms with Gasteiger partial charge in [-0.3, -0.25) is 0 Å².